The molecule has 3 amide bonds. The quantitative estimate of drug-likeness (QED) is 0.585. The lowest BCUT2D eigenvalue weighted by molar-refractivity contribution is -0.116. The van der Waals surface area contributed by atoms with E-state index in [2.05, 4.69) is 10.6 Å². The summed E-state index contributed by atoms with van der Waals surface area (Å²) in [7, 11) is 0. The Hall–Kier alpha value is -3.35. The summed E-state index contributed by atoms with van der Waals surface area (Å²) < 4.78 is 5.49. The fourth-order valence-electron chi connectivity index (χ4n) is 3.83. The van der Waals surface area contributed by atoms with Crippen LogP contribution in [0.5, 0.6) is 5.75 Å². The second-order valence-electron chi connectivity index (χ2n) is 7.83. The van der Waals surface area contributed by atoms with E-state index in [0.29, 0.717) is 42.1 Å². The van der Waals surface area contributed by atoms with E-state index < -0.39 is 0 Å². The third kappa shape index (κ3) is 5.87. The number of nitrogens with zero attached hydrogens (tertiary/aromatic N) is 1. The summed E-state index contributed by atoms with van der Waals surface area (Å²) >= 11 is 0. The number of hydrogen-bond acceptors (Lipinski definition) is 4. The second-order valence-corrected chi connectivity index (χ2v) is 7.83. The lowest BCUT2D eigenvalue weighted by Crippen LogP contribution is -2.29. The van der Waals surface area contributed by atoms with Crippen LogP contribution in [0, 0.1) is 6.92 Å². The van der Waals surface area contributed by atoms with Crippen LogP contribution in [0.1, 0.15) is 58.9 Å². The van der Waals surface area contributed by atoms with Crippen LogP contribution < -0.4 is 15.4 Å². The summed E-state index contributed by atoms with van der Waals surface area (Å²) in [5, 5.41) is 5.72. The van der Waals surface area contributed by atoms with Gasteiger partial charge in [0.05, 0.1) is 23.4 Å². The van der Waals surface area contributed by atoms with Gasteiger partial charge in [0.2, 0.25) is 5.91 Å². The predicted molar refractivity (Wildman–Crippen MR) is 124 cm³/mol. The van der Waals surface area contributed by atoms with Gasteiger partial charge in [-0.05, 0) is 56.9 Å². The maximum atomic E-state index is 12.9. The maximum Gasteiger partial charge on any atom is 0.256 e. The average Bonchev–Trinajstić information content (AvgIpc) is 3.32. The van der Waals surface area contributed by atoms with Gasteiger partial charge in [0.25, 0.3) is 11.8 Å². The Morgan fingerprint density at radius 2 is 1.78 bits per heavy atom. The number of rotatable bonds is 9. The number of likely N-dealkylation sites (tertiary alicyclic amines) is 1. The molecule has 3 rings (SSSR count). The number of ether oxygens (including phenoxy) is 1. The Bertz CT molecular complexity index is 967. The standard InChI is InChI=1S/C25H31N3O4/c1-3-32-21-13-5-4-11-19(21)24(30)26-15-9-14-22(29)27-20-12-8-10-18(2)23(20)25(31)28-16-6-7-17-28/h4-5,8,10-13H,3,6-7,9,14-17H2,1-2H3,(H,26,30)(H,27,29). The van der Waals surface area contributed by atoms with E-state index in [0.717, 1.165) is 31.5 Å². The summed E-state index contributed by atoms with van der Waals surface area (Å²) in [6.45, 7) is 6.10. The summed E-state index contributed by atoms with van der Waals surface area (Å²) in [6, 6.07) is 12.6. The molecule has 2 aromatic rings. The molecule has 32 heavy (non-hydrogen) atoms. The molecule has 0 aliphatic carbocycles. The molecule has 1 fully saturated rings. The van der Waals surface area contributed by atoms with Crippen molar-refractivity contribution in [3.05, 3.63) is 59.2 Å². The Labute approximate surface area is 189 Å². The summed E-state index contributed by atoms with van der Waals surface area (Å²) in [4.78, 5) is 39.7. The minimum Gasteiger partial charge on any atom is -0.493 e. The Balaban J connectivity index is 1.52. The van der Waals surface area contributed by atoms with E-state index in [1.54, 1.807) is 24.3 Å². The van der Waals surface area contributed by atoms with Crippen LogP contribution in [0.2, 0.25) is 0 Å². The van der Waals surface area contributed by atoms with Crippen LogP contribution in [0.3, 0.4) is 0 Å². The van der Waals surface area contributed by atoms with E-state index in [1.165, 1.54) is 0 Å². The Morgan fingerprint density at radius 1 is 1.03 bits per heavy atom. The van der Waals surface area contributed by atoms with Crippen LogP contribution in [0.15, 0.2) is 42.5 Å². The molecule has 2 N–H and O–H groups in total. The van der Waals surface area contributed by atoms with Crippen molar-refractivity contribution in [3.8, 4) is 5.75 Å². The molecule has 0 saturated carbocycles. The van der Waals surface area contributed by atoms with E-state index in [9.17, 15) is 14.4 Å². The molecule has 1 heterocycles. The zero-order valence-electron chi connectivity index (χ0n) is 18.8. The zero-order valence-corrected chi connectivity index (χ0v) is 18.8. The lowest BCUT2D eigenvalue weighted by atomic mass is 10.0. The van der Waals surface area contributed by atoms with Crippen LogP contribution >= 0.6 is 0 Å². The molecular formula is C25H31N3O4. The number of amides is 3. The number of nitrogens with one attached hydrogen (secondary N) is 2. The van der Waals surface area contributed by atoms with Gasteiger partial charge < -0.3 is 20.3 Å². The van der Waals surface area contributed by atoms with Crippen molar-refractivity contribution in [2.24, 2.45) is 0 Å². The van der Waals surface area contributed by atoms with Crippen molar-refractivity contribution in [1.82, 2.24) is 10.2 Å². The molecule has 0 bridgehead atoms. The third-order valence-corrected chi connectivity index (χ3v) is 5.45. The Kier molecular flexibility index (Phi) is 8.25. The van der Waals surface area contributed by atoms with Crippen molar-refractivity contribution >= 4 is 23.4 Å². The van der Waals surface area contributed by atoms with E-state index in [4.69, 9.17) is 4.74 Å². The fourth-order valence-corrected chi connectivity index (χ4v) is 3.83. The monoisotopic (exact) mass is 437 g/mol. The molecule has 0 spiro atoms. The molecule has 1 aliphatic rings. The van der Waals surface area contributed by atoms with Crippen LogP contribution in [-0.4, -0.2) is 48.9 Å². The largest absolute Gasteiger partial charge is 0.493 e. The van der Waals surface area contributed by atoms with Crippen LogP contribution in [0.25, 0.3) is 0 Å². The summed E-state index contributed by atoms with van der Waals surface area (Å²) in [5.74, 6) is 0.0951. The zero-order chi connectivity index (χ0) is 22.9. The molecule has 7 nitrogen and oxygen atoms in total. The molecule has 1 saturated heterocycles. The van der Waals surface area contributed by atoms with Gasteiger partial charge in [0.15, 0.2) is 0 Å². The minimum atomic E-state index is -0.230. The predicted octanol–water partition coefficient (Wildman–Crippen LogP) is 3.78. The molecule has 170 valence electrons. The maximum absolute atomic E-state index is 12.9. The normalized spacial score (nSPS) is 13.0. The van der Waals surface area contributed by atoms with Crippen molar-refractivity contribution in [2.45, 2.75) is 39.5 Å². The van der Waals surface area contributed by atoms with Gasteiger partial charge in [-0.1, -0.05) is 24.3 Å². The highest BCUT2D eigenvalue weighted by molar-refractivity contribution is 6.05. The smallest absolute Gasteiger partial charge is 0.256 e. The highest BCUT2D eigenvalue weighted by atomic mass is 16.5. The highest BCUT2D eigenvalue weighted by Gasteiger charge is 2.24. The van der Waals surface area contributed by atoms with Gasteiger partial charge in [-0.3, -0.25) is 14.4 Å². The molecule has 0 aromatic heterocycles. The molecule has 0 radical (unpaired) electrons. The van der Waals surface area contributed by atoms with Gasteiger partial charge in [0, 0.05) is 26.1 Å². The first kappa shape index (κ1) is 23.3. The molecule has 1 aliphatic heterocycles. The first-order valence-electron chi connectivity index (χ1n) is 11.2. The summed E-state index contributed by atoms with van der Waals surface area (Å²) in [6.07, 6.45) is 2.74. The number of hydrogen-bond donors (Lipinski definition) is 2. The molecule has 7 heteroatoms. The summed E-state index contributed by atoms with van der Waals surface area (Å²) in [5.41, 5.74) is 2.42. The van der Waals surface area contributed by atoms with Gasteiger partial charge in [-0.2, -0.15) is 0 Å². The average molecular weight is 438 g/mol. The van der Waals surface area contributed by atoms with Crippen LogP contribution in [0.4, 0.5) is 5.69 Å². The van der Waals surface area contributed by atoms with Crippen LogP contribution in [-0.2, 0) is 4.79 Å². The van der Waals surface area contributed by atoms with Gasteiger partial charge in [0.1, 0.15) is 5.75 Å². The Morgan fingerprint density at radius 3 is 2.53 bits per heavy atom. The number of para-hydroxylation sites is 1. The van der Waals surface area contributed by atoms with Gasteiger partial charge in [-0.15, -0.1) is 0 Å². The lowest BCUT2D eigenvalue weighted by Gasteiger charge is -2.19. The number of carbonyl (C=O) groups excluding carboxylic acids is 3. The van der Waals surface area contributed by atoms with Gasteiger partial charge >= 0.3 is 0 Å². The molecule has 0 atom stereocenters. The van der Waals surface area contributed by atoms with Crippen molar-refractivity contribution in [3.63, 3.8) is 0 Å². The fraction of sp³-hybridized carbons (Fsp3) is 0.400. The second kappa shape index (κ2) is 11.3. The van der Waals surface area contributed by atoms with Gasteiger partial charge in [-0.25, -0.2) is 0 Å². The molecule has 2 aromatic carbocycles. The minimum absolute atomic E-state index is 0.0314. The topological polar surface area (TPSA) is 87.7 Å². The third-order valence-electron chi connectivity index (χ3n) is 5.45. The SMILES string of the molecule is CCOc1ccccc1C(=O)NCCCC(=O)Nc1cccc(C)c1C(=O)N1CCCC1. The van der Waals surface area contributed by atoms with E-state index in [1.807, 2.05) is 36.9 Å². The number of anilines is 1. The van der Waals surface area contributed by atoms with Crippen molar-refractivity contribution < 1.29 is 19.1 Å². The van der Waals surface area contributed by atoms with E-state index >= 15 is 0 Å². The molecular weight excluding hydrogens is 406 g/mol. The number of aryl methyl sites for hydroxylation is 1. The first-order valence-corrected chi connectivity index (χ1v) is 11.2. The van der Waals surface area contributed by atoms with Crippen molar-refractivity contribution in [1.29, 1.82) is 0 Å². The number of carbonyl (C=O) groups is 3. The first-order chi connectivity index (χ1) is 15.5. The van der Waals surface area contributed by atoms with E-state index in [-0.39, 0.29) is 24.1 Å². The highest BCUT2D eigenvalue weighted by Crippen LogP contribution is 2.24. The molecule has 0 unspecified atom stereocenters. The number of benzene rings is 2. The van der Waals surface area contributed by atoms with Crippen molar-refractivity contribution in [2.75, 3.05) is 31.6 Å².